The molecule has 1 aromatic rings. The molecule has 0 amide bonds. The number of carbonyl (C=O) groups is 1. The maximum atomic E-state index is 11.9. The molecule has 0 spiro atoms. The Kier molecular flexibility index (Phi) is 8.25. The van der Waals surface area contributed by atoms with E-state index in [1.807, 2.05) is 32.5 Å². The molecule has 0 heterocycles. The first-order valence-electron chi connectivity index (χ1n) is 7.55. The van der Waals surface area contributed by atoms with Gasteiger partial charge < -0.3 is 23.1 Å². The van der Waals surface area contributed by atoms with Crippen molar-refractivity contribution in [2.45, 2.75) is 33.1 Å². The third-order valence-corrected chi connectivity index (χ3v) is 5.73. The van der Waals surface area contributed by atoms with E-state index in [0.29, 0.717) is 12.4 Å². The zero-order chi connectivity index (χ0) is 17.3. The van der Waals surface area contributed by atoms with Crippen molar-refractivity contribution >= 4 is 14.5 Å². The van der Waals surface area contributed by atoms with Gasteiger partial charge in [-0.15, -0.1) is 0 Å². The van der Waals surface area contributed by atoms with Gasteiger partial charge in [-0.05, 0) is 38.1 Å². The van der Waals surface area contributed by atoms with Crippen molar-refractivity contribution in [3.63, 3.8) is 0 Å². The molecule has 1 unspecified atom stereocenters. The monoisotopic (exact) mass is 342 g/mol. The van der Waals surface area contributed by atoms with Gasteiger partial charge in [0.2, 0.25) is 0 Å². The molecule has 1 rings (SSSR count). The molecule has 0 aliphatic heterocycles. The lowest BCUT2D eigenvalue weighted by Crippen LogP contribution is -2.43. The fraction of sp³-hybridized carbons (Fsp3) is 0.562. The highest BCUT2D eigenvalue weighted by Gasteiger charge is 2.31. The highest BCUT2D eigenvalue weighted by molar-refractivity contribution is 6.65. The quantitative estimate of drug-likeness (QED) is 0.370. The Morgan fingerprint density at radius 3 is 2.30 bits per heavy atom. The Balaban J connectivity index is 2.47. The lowest BCUT2D eigenvalue weighted by Gasteiger charge is -2.22. The van der Waals surface area contributed by atoms with Gasteiger partial charge >= 0.3 is 14.5 Å². The minimum Gasteiger partial charge on any atom is -0.465 e. The van der Waals surface area contributed by atoms with Gasteiger partial charge in [0.15, 0.2) is 6.29 Å². The number of ether oxygens (including phenoxy) is 3. The van der Waals surface area contributed by atoms with Crippen LogP contribution in [-0.2, 0) is 29.5 Å². The summed E-state index contributed by atoms with van der Waals surface area (Å²) in [5.74, 6) is 0.385. The molecule has 7 heteroatoms. The molecule has 0 bridgehead atoms. The molecule has 0 aliphatic carbocycles. The second-order valence-corrected chi connectivity index (χ2v) is 8.54. The zero-order valence-corrected chi connectivity index (χ0v) is 15.5. The third-order valence-electron chi connectivity index (χ3n) is 3.33. The van der Waals surface area contributed by atoms with Gasteiger partial charge in [0.05, 0.1) is 6.42 Å². The lowest BCUT2D eigenvalue weighted by molar-refractivity contribution is -0.141. The summed E-state index contributed by atoms with van der Waals surface area (Å²) in [5, 5.41) is 0. The summed E-state index contributed by atoms with van der Waals surface area (Å²) < 4.78 is 26.7. The molecule has 23 heavy (non-hydrogen) atoms. The van der Waals surface area contributed by atoms with Crippen molar-refractivity contribution in [2.75, 3.05) is 27.1 Å². The molecule has 6 nitrogen and oxygen atoms in total. The summed E-state index contributed by atoms with van der Waals surface area (Å²) in [5.41, 5.74) is 0.851. The van der Waals surface area contributed by atoms with Crippen LogP contribution in [0.1, 0.15) is 19.4 Å². The van der Waals surface area contributed by atoms with Crippen LogP contribution in [0.4, 0.5) is 0 Å². The smallest absolute Gasteiger partial charge is 0.373 e. The predicted molar refractivity (Wildman–Crippen MR) is 88.5 cm³/mol. The van der Waals surface area contributed by atoms with Gasteiger partial charge in [0.1, 0.15) is 12.0 Å². The van der Waals surface area contributed by atoms with Crippen molar-refractivity contribution in [3.8, 4) is 5.75 Å². The van der Waals surface area contributed by atoms with E-state index in [0.717, 1.165) is 5.56 Å². The van der Waals surface area contributed by atoms with Crippen molar-refractivity contribution in [1.29, 1.82) is 0 Å². The maximum Gasteiger partial charge on any atom is 0.373 e. The summed E-state index contributed by atoms with van der Waals surface area (Å²) in [7, 11) is 0.733. The molecular weight excluding hydrogens is 316 g/mol. The van der Waals surface area contributed by atoms with E-state index < -0.39 is 8.56 Å². The van der Waals surface area contributed by atoms with Gasteiger partial charge in [0, 0.05) is 20.8 Å². The molecule has 1 atom stereocenters. The van der Waals surface area contributed by atoms with E-state index in [-0.39, 0.29) is 24.9 Å². The molecule has 0 fully saturated rings. The average Bonchev–Trinajstić information content (AvgIpc) is 2.55. The van der Waals surface area contributed by atoms with Crippen molar-refractivity contribution in [3.05, 3.63) is 29.8 Å². The second-order valence-electron chi connectivity index (χ2n) is 5.16. The van der Waals surface area contributed by atoms with Crippen LogP contribution in [0.2, 0.25) is 6.55 Å². The molecule has 1 aromatic carbocycles. The van der Waals surface area contributed by atoms with Crippen LogP contribution < -0.4 is 4.74 Å². The molecule has 0 saturated carbocycles. The first-order chi connectivity index (χ1) is 10.9. The Labute approximate surface area is 138 Å². The normalized spacial score (nSPS) is 12.7. The van der Waals surface area contributed by atoms with Crippen LogP contribution in [0.15, 0.2) is 24.3 Å². The third kappa shape index (κ3) is 7.13. The van der Waals surface area contributed by atoms with Crippen LogP contribution in [0.3, 0.4) is 0 Å². The Bertz CT molecular complexity index is 472. The summed E-state index contributed by atoms with van der Waals surface area (Å²) in [6.07, 6.45) is 0.0620. The number of esters is 1. The molecular formula is C16H26O6Si. The number of hydrogen-bond donors (Lipinski definition) is 0. The predicted octanol–water partition coefficient (Wildman–Crippen LogP) is 2.44. The summed E-state index contributed by atoms with van der Waals surface area (Å²) in [6, 6.07) is 7.28. The van der Waals surface area contributed by atoms with Gasteiger partial charge in [0.25, 0.3) is 0 Å². The number of benzene rings is 1. The standard InChI is InChI=1S/C16H26O6Si/c1-6-20-13(2)22-15-9-7-14(8-10-15)11-16(17)21-12-23(5,18-3)19-4/h7-10,13H,6,11-12H2,1-5H3. The molecule has 0 aliphatic rings. The summed E-state index contributed by atoms with van der Waals surface area (Å²) >= 11 is 0. The Morgan fingerprint density at radius 2 is 1.78 bits per heavy atom. The topological polar surface area (TPSA) is 63.2 Å². The van der Waals surface area contributed by atoms with Crippen molar-refractivity contribution in [1.82, 2.24) is 0 Å². The Hall–Kier alpha value is -1.41. The average molecular weight is 342 g/mol. The molecule has 0 aromatic heterocycles. The molecule has 0 radical (unpaired) electrons. The molecule has 0 N–H and O–H groups in total. The van der Waals surface area contributed by atoms with Crippen molar-refractivity contribution in [2.24, 2.45) is 0 Å². The Morgan fingerprint density at radius 1 is 1.17 bits per heavy atom. The van der Waals surface area contributed by atoms with E-state index in [2.05, 4.69) is 0 Å². The summed E-state index contributed by atoms with van der Waals surface area (Å²) in [6.45, 7) is 6.18. The van der Waals surface area contributed by atoms with E-state index in [9.17, 15) is 4.79 Å². The fourth-order valence-electron chi connectivity index (χ4n) is 1.78. The minimum absolute atomic E-state index is 0.173. The highest BCUT2D eigenvalue weighted by Crippen LogP contribution is 2.15. The van der Waals surface area contributed by atoms with E-state index in [1.54, 1.807) is 26.4 Å². The van der Waals surface area contributed by atoms with Crippen molar-refractivity contribution < 1.29 is 27.9 Å². The number of carbonyl (C=O) groups excluding carboxylic acids is 1. The van der Waals surface area contributed by atoms with Crippen LogP contribution in [0.5, 0.6) is 5.75 Å². The van der Waals surface area contributed by atoms with E-state index >= 15 is 0 Å². The highest BCUT2D eigenvalue weighted by atomic mass is 28.4. The summed E-state index contributed by atoms with van der Waals surface area (Å²) in [4.78, 5) is 11.9. The molecule has 0 saturated heterocycles. The van der Waals surface area contributed by atoms with Gasteiger partial charge in [-0.25, -0.2) is 0 Å². The fourth-order valence-corrected chi connectivity index (χ4v) is 2.60. The SMILES string of the molecule is CCOC(C)Oc1ccc(CC(=O)OC[Si](C)(OC)OC)cc1. The van der Waals surface area contributed by atoms with Crippen LogP contribution in [-0.4, -0.2) is 47.9 Å². The lowest BCUT2D eigenvalue weighted by atomic mass is 10.1. The number of rotatable bonds is 10. The van der Waals surface area contributed by atoms with Crippen LogP contribution >= 0.6 is 0 Å². The minimum atomic E-state index is -2.39. The molecule has 130 valence electrons. The zero-order valence-electron chi connectivity index (χ0n) is 14.5. The van der Waals surface area contributed by atoms with E-state index in [4.69, 9.17) is 23.1 Å². The second kappa shape index (κ2) is 9.66. The first-order valence-corrected chi connectivity index (χ1v) is 10.1. The van der Waals surface area contributed by atoms with E-state index in [1.165, 1.54) is 0 Å². The largest absolute Gasteiger partial charge is 0.465 e. The van der Waals surface area contributed by atoms with Crippen LogP contribution in [0.25, 0.3) is 0 Å². The van der Waals surface area contributed by atoms with Gasteiger partial charge in [-0.2, -0.15) is 0 Å². The van der Waals surface area contributed by atoms with Gasteiger partial charge in [-0.3, -0.25) is 4.79 Å². The van der Waals surface area contributed by atoms with Gasteiger partial charge in [-0.1, -0.05) is 12.1 Å². The first kappa shape index (κ1) is 19.6. The van der Waals surface area contributed by atoms with Crippen LogP contribution in [0, 0.1) is 0 Å². The maximum absolute atomic E-state index is 11.9. The number of hydrogen-bond acceptors (Lipinski definition) is 6.